The molecule has 0 fully saturated rings. The smallest absolute Gasteiger partial charge is 0.135 e. The molecule has 5 heteroatoms. The van der Waals surface area contributed by atoms with E-state index in [4.69, 9.17) is 25.8 Å². The van der Waals surface area contributed by atoms with Gasteiger partial charge in [-0.05, 0) is 24.6 Å². The Labute approximate surface area is 130 Å². The lowest BCUT2D eigenvalue weighted by molar-refractivity contribution is 0.0806. The van der Waals surface area contributed by atoms with Gasteiger partial charge in [0.15, 0.2) is 0 Å². The summed E-state index contributed by atoms with van der Waals surface area (Å²) in [6.07, 6.45) is 1.41. The summed E-state index contributed by atoms with van der Waals surface area (Å²) in [7, 11) is 1.66. The molecule has 1 rings (SSSR count). The van der Waals surface area contributed by atoms with Crippen molar-refractivity contribution < 1.29 is 18.6 Å². The van der Waals surface area contributed by atoms with Crippen molar-refractivity contribution in [1.82, 2.24) is 0 Å². The minimum Gasteiger partial charge on any atom is -0.490 e. The zero-order valence-electron chi connectivity index (χ0n) is 12.2. The van der Waals surface area contributed by atoms with Crippen LogP contribution in [0.5, 0.6) is 5.75 Å². The minimum atomic E-state index is -0.340. The molecule has 1 aromatic rings. The zero-order valence-corrected chi connectivity index (χ0v) is 12.9. The van der Waals surface area contributed by atoms with Crippen molar-refractivity contribution in [2.75, 3.05) is 39.4 Å². The van der Waals surface area contributed by atoms with Gasteiger partial charge in [-0.1, -0.05) is 11.8 Å². The normalized spacial score (nSPS) is 10.0. The summed E-state index contributed by atoms with van der Waals surface area (Å²) in [4.78, 5) is 0. The average Bonchev–Trinajstić information content (AvgIpc) is 2.48. The van der Waals surface area contributed by atoms with E-state index in [0.29, 0.717) is 50.0 Å². The standard InChI is InChI=1S/C16H20ClFO3/c1-19-9-4-10-20-11-12-21-16-7-6-15(18)13-14(16)5-2-3-8-17/h6-7,13H,3-4,8-12H2,1H3. The van der Waals surface area contributed by atoms with Gasteiger partial charge in [0.25, 0.3) is 0 Å². The molecule has 0 N–H and O–H groups in total. The van der Waals surface area contributed by atoms with E-state index in [9.17, 15) is 4.39 Å². The molecule has 0 bridgehead atoms. The van der Waals surface area contributed by atoms with Gasteiger partial charge in [0, 0.05) is 32.6 Å². The highest BCUT2D eigenvalue weighted by molar-refractivity contribution is 6.18. The van der Waals surface area contributed by atoms with E-state index in [2.05, 4.69) is 11.8 Å². The first-order valence-corrected chi connectivity index (χ1v) is 7.35. The van der Waals surface area contributed by atoms with Gasteiger partial charge in [-0.15, -0.1) is 11.6 Å². The number of hydrogen-bond donors (Lipinski definition) is 0. The predicted octanol–water partition coefficient (Wildman–Crippen LogP) is 3.24. The molecule has 0 aromatic heterocycles. The summed E-state index contributed by atoms with van der Waals surface area (Å²) < 4.78 is 29.1. The summed E-state index contributed by atoms with van der Waals surface area (Å²) in [5, 5.41) is 0. The Kier molecular flexibility index (Phi) is 9.64. The molecule has 0 radical (unpaired) electrons. The molecule has 0 aliphatic rings. The van der Waals surface area contributed by atoms with Crippen LogP contribution in [0.15, 0.2) is 18.2 Å². The molecule has 0 heterocycles. The molecule has 0 atom stereocenters. The summed E-state index contributed by atoms with van der Waals surface area (Å²) in [5.74, 6) is 6.40. The van der Waals surface area contributed by atoms with Gasteiger partial charge in [-0.2, -0.15) is 0 Å². The largest absolute Gasteiger partial charge is 0.490 e. The number of rotatable bonds is 9. The van der Waals surface area contributed by atoms with Crippen molar-refractivity contribution in [2.24, 2.45) is 0 Å². The highest BCUT2D eigenvalue weighted by Gasteiger charge is 2.03. The second-order valence-corrected chi connectivity index (χ2v) is 4.57. The topological polar surface area (TPSA) is 27.7 Å². The van der Waals surface area contributed by atoms with E-state index in [0.717, 1.165) is 6.42 Å². The fraction of sp³-hybridized carbons (Fsp3) is 0.500. The van der Waals surface area contributed by atoms with Crippen LogP contribution in [0, 0.1) is 17.7 Å². The number of methoxy groups -OCH3 is 1. The van der Waals surface area contributed by atoms with Crippen LogP contribution in [0.25, 0.3) is 0 Å². The Morgan fingerprint density at radius 3 is 2.81 bits per heavy atom. The van der Waals surface area contributed by atoms with E-state index >= 15 is 0 Å². The number of alkyl halides is 1. The molecule has 0 aliphatic carbocycles. The SMILES string of the molecule is COCCCOCCOc1ccc(F)cc1C#CCCCl. The lowest BCUT2D eigenvalue weighted by Gasteiger charge is -2.09. The van der Waals surface area contributed by atoms with Crippen LogP contribution >= 0.6 is 11.6 Å². The van der Waals surface area contributed by atoms with Gasteiger partial charge in [0.05, 0.1) is 12.2 Å². The lowest BCUT2D eigenvalue weighted by atomic mass is 10.2. The molecular weight excluding hydrogens is 295 g/mol. The van der Waals surface area contributed by atoms with Crippen LogP contribution in [0.2, 0.25) is 0 Å². The van der Waals surface area contributed by atoms with E-state index in [-0.39, 0.29) is 5.82 Å². The second-order valence-electron chi connectivity index (χ2n) is 4.19. The van der Waals surface area contributed by atoms with Crippen molar-refractivity contribution >= 4 is 11.6 Å². The molecule has 0 aliphatic heterocycles. The van der Waals surface area contributed by atoms with Gasteiger partial charge < -0.3 is 14.2 Å². The van der Waals surface area contributed by atoms with Crippen LogP contribution in [-0.4, -0.2) is 39.4 Å². The predicted molar refractivity (Wildman–Crippen MR) is 81.4 cm³/mol. The van der Waals surface area contributed by atoms with Crippen molar-refractivity contribution in [1.29, 1.82) is 0 Å². The zero-order chi connectivity index (χ0) is 15.3. The van der Waals surface area contributed by atoms with Gasteiger partial charge >= 0.3 is 0 Å². The highest BCUT2D eigenvalue weighted by Crippen LogP contribution is 2.18. The van der Waals surface area contributed by atoms with Gasteiger partial charge in [-0.3, -0.25) is 0 Å². The Balaban J connectivity index is 2.42. The molecule has 0 unspecified atom stereocenters. The minimum absolute atomic E-state index is 0.340. The molecule has 116 valence electrons. The third-order valence-corrected chi connectivity index (χ3v) is 2.70. The Morgan fingerprint density at radius 1 is 1.19 bits per heavy atom. The maximum Gasteiger partial charge on any atom is 0.135 e. The number of ether oxygens (including phenoxy) is 3. The first kappa shape index (κ1) is 17.8. The highest BCUT2D eigenvalue weighted by atomic mass is 35.5. The quantitative estimate of drug-likeness (QED) is 0.398. The number of benzene rings is 1. The third kappa shape index (κ3) is 7.91. The maximum atomic E-state index is 13.2. The average molecular weight is 315 g/mol. The summed E-state index contributed by atoms with van der Waals surface area (Å²) in [6.45, 7) is 2.17. The summed E-state index contributed by atoms with van der Waals surface area (Å²) in [5.41, 5.74) is 0.527. The molecule has 1 aromatic carbocycles. The lowest BCUT2D eigenvalue weighted by Crippen LogP contribution is -2.09. The Hall–Kier alpha value is -1.28. The van der Waals surface area contributed by atoms with Gasteiger partial charge in [0.2, 0.25) is 0 Å². The van der Waals surface area contributed by atoms with Crippen LogP contribution in [0.3, 0.4) is 0 Å². The van der Waals surface area contributed by atoms with Crippen molar-refractivity contribution in [2.45, 2.75) is 12.8 Å². The fourth-order valence-electron chi connectivity index (χ4n) is 1.55. The number of hydrogen-bond acceptors (Lipinski definition) is 3. The molecular formula is C16H20ClFO3. The fourth-order valence-corrected chi connectivity index (χ4v) is 1.64. The van der Waals surface area contributed by atoms with Crippen LogP contribution in [0.4, 0.5) is 4.39 Å². The van der Waals surface area contributed by atoms with Crippen LogP contribution < -0.4 is 4.74 Å². The Bertz CT molecular complexity index is 468. The molecule has 21 heavy (non-hydrogen) atoms. The maximum absolute atomic E-state index is 13.2. The summed E-state index contributed by atoms with van der Waals surface area (Å²) >= 11 is 5.56. The van der Waals surface area contributed by atoms with Crippen molar-refractivity contribution in [3.05, 3.63) is 29.6 Å². The second kappa shape index (κ2) is 11.4. The van der Waals surface area contributed by atoms with E-state index in [1.54, 1.807) is 13.2 Å². The van der Waals surface area contributed by atoms with E-state index < -0.39 is 0 Å². The van der Waals surface area contributed by atoms with Crippen molar-refractivity contribution in [3.63, 3.8) is 0 Å². The van der Waals surface area contributed by atoms with Crippen LogP contribution in [-0.2, 0) is 9.47 Å². The van der Waals surface area contributed by atoms with Crippen molar-refractivity contribution in [3.8, 4) is 17.6 Å². The van der Waals surface area contributed by atoms with Crippen LogP contribution in [0.1, 0.15) is 18.4 Å². The Morgan fingerprint density at radius 2 is 2.05 bits per heavy atom. The molecule has 0 spiro atoms. The molecule has 0 saturated carbocycles. The summed E-state index contributed by atoms with van der Waals surface area (Å²) in [6, 6.07) is 4.28. The third-order valence-electron chi connectivity index (χ3n) is 2.51. The monoisotopic (exact) mass is 314 g/mol. The van der Waals surface area contributed by atoms with E-state index in [1.807, 2.05) is 0 Å². The first-order chi connectivity index (χ1) is 10.3. The van der Waals surface area contributed by atoms with Gasteiger partial charge in [-0.25, -0.2) is 4.39 Å². The van der Waals surface area contributed by atoms with Gasteiger partial charge in [0.1, 0.15) is 18.2 Å². The molecule has 0 saturated heterocycles. The molecule has 3 nitrogen and oxygen atoms in total. The first-order valence-electron chi connectivity index (χ1n) is 6.81. The van der Waals surface area contributed by atoms with E-state index in [1.165, 1.54) is 12.1 Å². The molecule has 0 amide bonds. The number of halogens is 2.